The van der Waals surface area contributed by atoms with E-state index in [1.165, 1.54) is 16.2 Å². The van der Waals surface area contributed by atoms with Crippen molar-refractivity contribution in [1.82, 2.24) is 0 Å². The Morgan fingerprint density at radius 3 is 2.84 bits per heavy atom. The van der Waals surface area contributed by atoms with Gasteiger partial charge in [0, 0.05) is 11.3 Å². The fraction of sp³-hybridized carbons (Fsp3) is 0.571. The summed E-state index contributed by atoms with van der Waals surface area (Å²) in [4.78, 5) is 24.4. The van der Waals surface area contributed by atoms with Crippen LogP contribution in [0.2, 0.25) is 0 Å². The summed E-state index contributed by atoms with van der Waals surface area (Å²) in [6, 6.07) is 0. The number of nitrogen functional groups attached to an aromatic ring is 1. The van der Waals surface area contributed by atoms with E-state index in [1.807, 2.05) is 0 Å². The van der Waals surface area contributed by atoms with Crippen LogP contribution in [-0.4, -0.2) is 18.4 Å². The molecule has 0 amide bonds. The van der Waals surface area contributed by atoms with E-state index in [1.54, 1.807) is 13.8 Å². The van der Waals surface area contributed by atoms with Crippen LogP contribution >= 0.6 is 11.3 Å². The van der Waals surface area contributed by atoms with Gasteiger partial charge in [0.2, 0.25) is 0 Å². The third-order valence-electron chi connectivity index (χ3n) is 3.45. The largest absolute Gasteiger partial charge is 0.462 e. The van der Waals surface area contributed by atoms with Gasteiger partial charge in [-0.2, -0.15) is 0 Å². The number of anilines is 1. The van der Waals surface area contributed by atoms with E-state index in [0.717, 1.165) is 24.8 Å². The summed E-state index contributed by atoms with van der Waals surface area (Å²) in [6.45, 7) is 3.75. The number of rotatable bonds is 4. The van der Waals surface area contributed by atoms with E-state index in [0.29, 0.717) is 29.5 Å². The van der Waals surface area contributed by atoms with Gasteiger partial charge in [0.1, 0.15) is 10.8 Å². The molecule has 1 aliphatic carbocycles. The number of carbonyl (C=O) groups is 2. The maximum absolute atomic E-state index is 12.0. The summed E-state index contributed by atoms with van der Waals surface area (Å²) in [6.07, 6.45) is 3.24. The van der Waals surface area contributed by atoms with Crippen LogP contribution in [0.15, 0.2) is 0 Å². The van der Waals surface area contributed by atoms with Crippen LogP contribution in [0, 0.1) is 5.92 Å². The van der Waals surface area contributed by atoms with E-state index < -0.39 is 0 Å². The Hall–Kier alpha value is -1.36. The zero-order chi connectivity index (χ0) is 14.0. The maximum Gasteiger partial charge on any atom is 0.341 e. The van der Waals surface area contributed by atoms with E-state index in [4.69, 9.17) is 10.5 Å². The van der Waals surface area contributed by atoms with Crippen molar-refractivity contribution in [2.24, 2.45) is 5.92 Å². The van der Waals surface area contributed by atoms with Gasteiger partial charge in [-0.15, -0.1) is 11.3 Å². The van der Waals surface area contributed by atoms with Crippen molar-refractivity contribution >= 4 is 28.1 Å². The smallest absolute Gasteiger partial charge is 0.341 e. The van der Waals surface area contributed by atoms with Gasteiger partial charge in [0.05, 0.1) is 12.2 Å². The quantitative estimate of drug-likeness (QED) is 0.861. The zero-order valence-corrected chi connectivity index (χ0v) is 12.1. The second kappa shape index (κ2) is 5.74. The van der Waals surface area contributed by atoms with E-state index in [2.05, 4.69) is 0 Å². The fourth-order valence-corrected chi connectivity index (χ4v) is 3.79. The number of fused-ring (bicyclic) bond motifs is 1. The van der Waals surface area contributed by atoms with Crippen molar-refractivity contribution in [1.29, 1.82) is 0 Å². The normalized spacial score (nSPS) is 17.9. The summed E-state index contributed by atoms with van der Waals surface area (Å²) >= 11 is 1.48. The Labute approximate surface area is 116 Å². The monoisotopic (exact) mass is 281 g/mol. The van der Waals surface area contributed by atoms with Crippen molar-refractivity contribution in [2.45, 2.75) is 39.5 Å². The molecular formula is C14H19NO3S. The molecule has 0 saturated carbocycles. The third kappa shape index (κ3) is 2.97. The minimum absolute atomic E-state index is 0.203. The van der Waals surface area contributed by atoms with Crippen LogP contribution < -0.4 is 5.73 Å². The summed E-state index contributed by atoms with van der Waals surface area (Å²) in [5, 5.41) is 0.548. The lowest BCUT2D eigenvalue weighted by atomic mass is 9.83. The van der Waals surface area contributed by atoms with Gasteiger partial charge in [-0.3, -0.25) is 0 Å². The van der Waals surface area contributed by atoms with Crippen LogP contribution in [0.4, 0.5) is 5.00 Å². The summed E-state index contributed by atoms with van der Waals surface area (Å²) in [5.41, 5.74) is 7.50. The molecule has 1 unspecified atom stereocenters. The molecule has 0 saturated heterocycles. The number of ether oxygens (including phenoxy) is 1. The van der Waals surface area contributed by atoms with Crippen molar-refractivity contribution in [3.8, 4) is 0 Å². The summed E-state index contributed by atoms with van der Waals surface area (Å²) < 4.78 is 5.07. The van der Waals surface area contributed by atoms with Gasteiger partial charge >= 0.3 is 5.97 Å². The SMILES string of the molecule is CCOC(=O)c1c(N)sc2c1CC(CC(C)=O)CC2. The van der Waals surface area contributed by atoms with Gasteiger partial charge in [0.15, 0.2) is 0 Å². The number of ketones is 1. The minimum Gasteiger partial charge on any atom is -0.462 e. The first kappa shape index (κ1) is 14.1. The minimum atomic E-state index is -0.332. The standard InChI is InChI=1S/C14H19NO3S/c1-3-18-14(17)12-10-7-9(6-8(2)16)4-5-11(10)19-13(12)15/h9H,3-7,15H2,1-2H3. The molecular weight excluding hydrogens is 262 g/mol. The van der Waals surface area contributed by atoms with Gasteiger partial charge in [-0.1, -0.05) is 0 Å². The molecule has 2 rings (SSSR count). The number of hydrogen-bond acceptors (Lipinski definition) is 5. The number of hydrogen-bond donors (Lipinski definition) is 1. The van der Waals surface area contributed by atoms with Crippen LogP contribution in [0.5, 0.6) is 0 Å². The highest BCUT2D eigenvalue weighted by atomic mass is 32.1. The molecule has 1 aromatic heterocycles. The highest BCUT2D eigenvalue weighted by molar-refractivity contribution is 7.16. The average molecular weight is 281 g/mol. The second-order valence-electron chi connectivity index (χ2n) is 4.98. The molecule has 5 heteroatoms. The van der Waals surface area contributed by atoms with Crippen LogP contribution in [0.1, 0.15) is 47.5 Å². The Morgan fingerprint density at radius 2 is 2.21 bits per heavy atom. The molecule has 0 fully saturated rings. The van der Waals surface area contributed by atoms with Crippen LogP contribution in [0.3, 0.4) is 0 Å². The van der Waals surface area contributed by atoms with E-state index in [9.17, 15) is 9.59 Å². The Kier molecular flexibility index (Phi) is 4.24. The molecule has 0 spiro atoms. The number of aryl methyl sites for hydroxylation is 1. The Morgan fingerprint density at radius 1 is 1.47 bits per heavy atom. The van der Waals surface area contributed by atoms with E-state index >= 15 is 0 Å². The summed E-state index contributed by atoms with van der Waals surface area (Å²) in [7, 11) is 0. The first-order chi connectivity index (χ1) is 9.02. The number of carbonyl (C=O) groups excluding carboxylic acids is 2. The number of thiophene rings is 1. The number of Topliss-reactive ketones (excluding diaryl/α,β-unsaturated/α-hetero) is 1. The molecule has 0 aromatic carbocycles. The highest BCUT2D eigenvalue weighted by Crippen LogP contribution is 2.39. The molecule has 1 atom stereocenters. The molecule has 0 radical (unpaired) electrons. The molecule has 1 aromatic rings. The van der Waals surface area contributed by atoms with Gasteiger partial charge < -0.3 is 15.3 Å². The van der Waals surface area contributed by atoms with Crippen molar-refractivity contribution in [2.75, 3.05) is 12.3 Å². The van der Waals surface area contributed by atoms with Crippen molar-refractivity contribution in [3.63, 3.8) is 0 Å². The molecule has 104 valence electrons. The zero-order valence-electron chi connectivity index (χ0n) is 11.3. The van der Waals surface area contributed by atoms with Gasteiger partial charge in [0.25, 0.3) is 0 Å². The lowest BCUT2D eigenvalue weighted by Crippen LogP contribution is -2.18. The maximum atomic E-state index is 12.0. The van der Waals surface area contributed by atoms with Crippen molar-refractivity contribution < 1.29 is 14.3 Å². The molecule has 1 heterocycles. The summed E-state index contributed by atoms with van der Waals surface area (Å²) in [5.74, 6) is 0.197. The Bertz CT molecular complexity index is 507. The molecule has 2 N–H and O–H groups in total. The van der Waals surface area contributed by atoms with E-state index in [-0.39, 0.29) is 11.8 Å². The predicted molar refractivity (Wildman–Crippen MR) is 75.5 cm³/mol. The molecule has 0 aliphatic heterocycles. The molecule has 19 heavy (non-hydrogen) atoms. The number of nitrogens with two attached hydrogens (primary N) is 1. The Balaban J connectivity index is 2.26. The lowest BCUT2D eigenvalue weighted by Gasteiger charge is -2.21. The van der Waals surface area contributed by atoms with Crippen LogP contribution in [-0.2, 0) is 22.4 Å². The molecule has 0 bridgehead atoms. The van der Waals surface area contributed by atoms with Crippen LogP contribution in [0.25, 0.3) is 0 Å². The predicted octanol–water partition coefficient (Wildman–Crippen LogP) is 2.59. The topological polar surface area (TPSA) is 69.4 Å². The molecule has 4 nitrogen and oxygen atoms in total. The fourth-order valence-electron chi connectivity index (χ4n) is 2.69. The first-order valence-corrected chi connectivity index (χ1v) is 7.41. The van der Waals surface area contributed by atoms with Gasteiger partial charge in [-0.25, -0.2) is 4.79 Å². The molecule has 1 aliphatic rings. The van der Waals surface area contributed by atoms with Crippen molar-refractivity contribution in [3.05, 3.63) is 16.0 Å². The second-order valence-corrected chi connectivity index (χ2v) is 6.12. The highest BCUT2D eigenvalue weighted by Gasteiger charge is 2.29. The third-order valence-corrected chi connectivity index (χ3v) is 4.57. The average Bonchev–Trinajstić information content (AvgIpc) is 2.64. The number of esters is 1. The first-order valence-electron chi connectivity index (χ1n) is 6.59. The lowest BCUT2D eigenvalue weighted by molar-refractivity contribution is -0.117. The van der Waals surface area contributed by atoms with Gasteiger partial charge in [-0.05, 0) is 44.6 Å².